The minimum atomic E-state index is -0.296. The molecule has 1 aromatic rings. The van der Waals surface area contributed by atoms with Crippen LogP contribution in [-0.4, -0.2) is 25.3 Å². The van der Waals surface area contributed by atoms with E-state index < -0.39 is 0 Å². The Labute approximate surface area is 138 Å². The third kappa shape index (κ3) is 3.10. The van der Waals surface area contributed by atoms with E-state index in [2.05, 4.69) is 0 Å². The summed E-state index contributed by atoms with van der Waals surface area (Å²) in [5, 5.41) is 0. The molecule has 0 aliphatic carbocycles. The molecule has 1 heterocycles. The van der Waals surface area contributed by atoms with Crippen LogP contribution in [0.3, 0.4) is 0 Å². The fourth-order valence-electron chi connectivity index (χ4n) is 3.08. The highest BCUT2D eigenvalue weighted by molar-refractivity contribution is 6.58. The molecule has 0 N–H and O–H groups in total. The highest BCUT2D eigenvalue weighted by Crippen LogP contribution is 2.34. The first-order valence-corrected chi connectivity index (χ1v) is 8.18. The third-order valence-corrected chi connectivity index (χ3v) is 5.29. The standard InChI is InChI=1S/C18H24BNO3/c1-5-12-10-15(21)20(17(12)23)14-8-6-13(7-9-14)18(3,4)11(2)16(19)22/h6-9,11-12H,5,10,19H2,1-4H3. The maximum atomic E-state index is 12.3. The average Bonchev–Trinajstić information content (AvgIpc) is 2.80. The lowest BCUT2D eigenvalue weighted by molar-refractivity contribution is -0.122. The molecule has 1 saturated heterocycles. The Hall–Kier alpha value is -1.91. The molecule has 122 valence electrons. The summed E-state index contributed by atoms with van der Waals surface area (Å²) in [5.74, 6) is -0.545. The molecule has 0 bridgehead atoms. The van der Waals surface area contributed by atoms with E-state index in [0.29, 0.717) is 18.5 Å². The summed E-state index contributed by atoms with van der Waals surface area (Å²) in [7, 11) is 1.60. The number of amides is 2. The Morgan fingerprint density at radius 1 is 1.30 bits per heavy atom. The van der Waals surface area contributed by atoms with Gasteiger partial charge >= 0.3 is 0 Å². The van der Waals surface area contributed by atoms with Crippen molar-refractivity contribution < 1.29 is 14.4 Å². The Morgan fingerprint density at radius 3 is 2.30 bits per heavy atom. The van der Waals surface area contributed by atoms with Gasteiger partial charge < -0.3 is 4.79 Å². The largest absolute Gasteiger partial charge is 0.312 e. The number of hydrogen-bond donors (Lipinski definition) is 0. The van der Waals surface area contributed by atoms with Crippen molar-refractivity contribution in [2.75, 3.05) is 4.90 Å². The molecule has 0 radical (unpaired) electrons. The van der Waals surface area contributed by atoms with Crippen molar-refractivity contribution >= 4 is 31.0 Å². The second-order valence-electron chi connectivity index (χ2n) is 6.98. The minimum Gasteiger partial charge on any atom is -0.312 e. The maximum Gasteiger partial charge on any atom is 0.237 e. The van der Waals surface area contributed by atoms with Gasteiger partial charge in [-0.15, -0.1) is 0 Å². The Morgan fingerprint density at radius 2 is 1.87 bits per heavy atom. The van der Waals surface area contributed by atoms with Crippen molar-refractivity contribution in [1.82, 2.24) is 0 Å². The van der Waals surface area contributed by atoms with E-state index in [1.54, 1.807) is 20.0 Å². The van der Waals surface area contributed by atoms with Gasteiger partial charge in [0, 0.05) is 18.3 Å². The molecule has 2 unspecified atom stereocenters. The Kier molecular flexibility index (Phi) is 4.78. The van der Waals surface area contributed by atoms with Gasteiger partial charge in [-0.3, -0.25) is 14.5 Å². The van der Waals surface area contributed by atoms with Gasteiger partial charge in [-0.05, 0) is 29.5 Å². The van der Waals surface area contributed by atoms with Gasteiger partial charge in [0.05, 0.1) is 11.4 Å². The average molecular weight is 313 g/mol. The topological polar surface area (TPSA) is 54.5 Å². The second kappa shape index (κ2) is 6.30. The Bertz CT molecular complexity index is 636. The van der Waals surface area contributed by atoms with Crippen molar-refractivity contribution in [3.63, 3.8) is 0 Å². The summed E-state index contributed by atoms with van der Waals surface area (Å²) in [5.41, 5.74) is 1.49. The first kappa shape index (κ1) is 17.4. The summed E-state index contributed by atoms with van der Waals surface area (Å²) in [6, 6.07) is 7.43. The normalized spacial score (nSPS) is 20.0. The minimum absolute atomic E-state index is 0.104. The van der Waals surface area contributed by atoms with Gasteiger partial charge in [0.15, 0.2) is 7.85 Å². The van der Waals surface area contributed by atoms with Crippen LogP contribution in [0.4, 0.5) is 5.69 Å². The van der Waals surface area contributed by atoms with Crippen LogP contribution in [0.25, 0.3) is 0 Å². The quantitative estimate of drug-likeness (QED) is 0.617. The van der Waals surface area contributed by atoms with E-state index in [1.807, 2.05) is 39.8 Å². The smallest absolute Gasteiger partial charge is 0.237 e. The number of benzene rings is 1. The molecule has 5 heteroatoms. The van der Waals surface area contributed by atoms with Gasteiger partial charge in [0.2, 0.25) is 11.8 Å². The Balaban J connectivity index is 2.28. The fraction of sp³-hybridized carbons (Fsp3) is 0.500. The van der Waals surface area contributed by atoms with Crippen LogP contribution in [0, 0.1) is 11.8 Å². The van der Waals surface area contributed by atoms with Crippen molar-refractivity contribution in [3.8, 4) is 0 Å². The second-order valence-corrected chi connectivity index (χ2v) is 6.98. The lowest BCUT2D eigenvalue weighted by Crippen LogP contribution is -2.33. The van der Waals surface area contributed by atoms with Crippen LogP contribution in [0.1, 0.15) is 46.1 Å². The summed E-state index contributed by atoms with van der Waals surface area (Å²) < 4.78 is 0. The van der Waals surface area contributed by atoms with Crippen LogP contribution in [0.2, 0.25) is 0 Å². The predicted octanol–water partition coefficient (Wildman–Crippen LogP) is 2.05. The van der Waals surface area contributed by atoms with Crippen LogP contribution in [0.15, 0.2) is 24.3 Å². The number of imide groups is 1. The highest BCUT2D eigenvalue weighted by atomic mass is 16.2. The van der Waals surface area contributed by atoms with E-state index in [0.717, 1.165) is 5.56 Å². The molecule has 0 saturated carbocycles. The first-order chi connectivity index (χ1) is 10.7. The van der Waals surface area contributed by atoms with Gasteiger partial charge in [0.1, 0.15) is 0 Å². The molecule has 1 aliphatic rings. The van der Waals surface area contributed by atoms with Gasteiger partial charge in [-0.1, -0.05) is 39.8 Å². The number of nitrogens with zero attached hydrogens (tertiary/aromatic N) is 1. The molecule has 1 fully saturated rings. The van der Waals surface area contributed by atoms with Crippen LogP contribution in [0.5, 0.6) is 0 Å². The monoisotopic (exact) mass is 313 g/mol. The van der Waals surface area contributed by atoms with E-state index in [9.17, 15) is 14.4 Å². The molecule has 0 aromatic heterocycles. The van der Waals surface area contributed by atoms with Crippen molar-refractivity contribution in [2.45, 2.75) is 46.0 Å². The fourth-order valence-corrected chi connectivity index (χ4v) is 3.08. The predicted molar refractivity (Wildman–Crippen MR) is 93.1 cm³/mol. The summed E-state index contributed by atoms with van der Waals surface area (Å²) in [6.45, 7) is 7.92. The molecule has 0 spiro atoms. The number of anilines is 1. The molecular formula is C18H24BNO3. The molecule has 1 aromatic carbocycles. The molecular weight excluding hydrogens is 289 g/mol. The zero-order chi connectivity index (χ0) is 17.4. The lowest BCUT2D eigenvalue weighted by Gasteiger charge is -2.31. The van der Waals surface area contributed by atoms with E-state index >= 15 is 0 Å². The molecule has 23 heavy (non-hydrogen) atoms. The number of rotatable bonds is 5. The van der Waals surface area contributed by atoms with E-state index in [-0.39, 0.29) is 34.7 Å². The molecule has 1 aliphatic heterocycles. The molecule has 2 rings (SSSR count). The third-order valence-electron chi connectivity index (χ3n) is 5.29. The SMILES string of the molecule is BC(=O)C(C)C(C)(C)c1ccc(N2C(=O)CC(CC)C2=O)cc1. The summed E-state index contributed by atoms with van der Waals surface area (Å²) in [4.78, 5) is 37.4. The lowest BCUT2D eigenvalue weighted by atomic mass is 9.68. The molecule has 4 nitrogen and oxygen atoms in total. The number of carbonyl (C=O) groups excluding carboxylic acids is 3. The van der Waals surface area contributed by atoms with Crippen LogP contribution >= 0.6 is 0 Å². The van der Waals surface area contributed by atoms with E-state index in [1.165, 1.54) is 4.90 Å². The molecule has 2 atom stereocenters. The van der Waals surface area contributed by atoms with Crippen molar-refractivity contribution in [1.29, 1.82) is 0 Å². The zero-order valence-corrected chi connectivity index (χ0v) is 14.6. The van der Waals surface area contributed by atoms with Crippen molar-refractivity contribution in [2.24, 2.45) is 11.8 Å². The summed E-state index contributed by atoms with van der Waals surface area (Å²) >= 11 is 0. The van der Waals surface area contributed by atoms with Gasteiger partial charge in [-0.2, -0.15) is 0 Å². The van der Waals surface area contributed by atoms with Gasteiger partial charge in [-0.25, -0.2) is 0 Å². The highest BCUT2D eigenvalue weighted by Gasteiger charge is 2.38. The van der Waals surface area contributed by atoms with E-state index in [4.69, 9.17) is 0 Å². The van der Waals surface area contributed by atoms with Crippen molar-refractivity contribution in [3.05, 3.63) is 29.8 Å². The molecule has 2 amide bonds. The van der Waals surface area contributed by atoms with Crippen LogP contribution in [-0.2, 0) is 19.8 Å². The van der Waals surface area contributed by atoms with Crippen LogP contribution < -0.4 is 4.90 Å². The van der Waals surface area contributed by atoms with Gasteiger partial charge in [0.25, 0.3) is 0 Å². The number of carbonyl (C=O) groups is 3. The zero-order valence-electron chi connectivity index (χ0n) is 14.6. The summed E-state index contributed by atoms with van der Waals surface area (Å²) in [6.07, 6.45) is 0.978. The number of hydrogen-bond acceptors (Lipinski definition) is 3. The maximum absolute atomic E-state index is 12.3. The first-order valence-electron chi connectivity index (χ1n) is 8.18.